The lowest BCUT2D eigenvalue weighted by Crippen LogP contribution is -2.30. The van der Waals surface area contributed by atoms with Crippen LogP contribution < -0.4 is 14.8 Å². The lowest BCUT2D eigenvalue weighted by atomic mass is 10.1. The van der Waals surface area contributed by atoms with Crippen LogP contribution in [0.2, 0.25) is 0 Å². The minimum Gasteiger partial charge on any atom is -0.406 e. The first kappa shape index (κ1) is 24.6. The predicted octanol–water partition coefficient (Wildman–Crippen LogP) is 2.63. The Morgan fingerprint density at radius 2 is 1.58 bits per heavy atom. The topological polar surface area (TPSA) is 87.7 Å². The van der Waals surface area contributed by atoms with Crippen LogP contribution in [-0.2, 0) is 27.9 Å². The largest absolute Gasteiger partial charge is 0.573 e. The van der Waals surface area contributed by atoms with Crippen molar-refractivity contribution in [3.05, 3.63) is 59.7 Å². The number of nitrogens with zero attached hydrogens (tertiary/aromatic N) is 1. The Kier molecular flexibility index (Phi) is 8.43. The van der Waals surface area contributed by atoms with Gasteiger partial charge in [-0.15, -0.1) is 13.2 Å². The first-order valence-electron chi connectivity index (χ1n) is 9.29. The lowest BCUT2D eigenvalue weighted by molar-refractivity contribution is -0.274. The summed E-state index contributed by atoms with van der Waals surface area (Å²) in [6.45, 7) is 0.968. The molecule has 0 aromatic heterocycles. The van der Waals surface area contributed by atoms with Crippen molar-refractivity contribution >= 4 is 15.9 Å². The molecule has 170 valence electrons. The molecule has 0 fully saturated rings. The zero-order chi connectivity index (χ0) is 23.1. The summed E-state index contributed by atoms with van der Waals surface area (Å²) < 4.78 is 66.8. The van der Waals surface area contributed by atoms with Crippen LogP contribution in [0.15, 0.2) is 53.4 Å². The molecule has 0 aliphatic carbocycles. The van der Waals surface area contributed by atoms with E-state index in [1.54, 1.807) is 0 Å². The maximum Gasteiger partial charge on any atom is 0.573 e. The van der Waals surface area contributed by atoms with E-state index in [1.165, 1.54) is 0 Å². The molecule has 7 nitrogen and oxygen atoms in total. The Labute approximate surface area is 179 Å². The van der Waals surface area contributed by atoms with Crippen molar-refractivity contribution in [3.8, 4) is 5.75 Å². The van der Waals surface area contributed by atoms with Crippen molar-refractivity contribution in [3.63, 3.8) is 0 Å². The van der Waals surface area contributed by atoms with Crippen molar-refractivity contribution in [1.82, 2.24) is 14.9 Å². The molecular weight excluding hydrogens is 435 g/mol. The summed E-state index contributed by atoms with van der Waals surface area (Å²) in [7, 11) is -0.0251. The highest BCUT2D eigenvalue weighted by Gasteiger charge is 2.31. The second-order valence-electron chi connectivity index (χ2n) is 7.00. The number of nitrogens with one attached hydrogen (secondary N) is 2. The minimum atomic E-state index is -4.86. The Morgan fingerprint density at radius 3 is 2.13 bits per heavy atom. The van der Waals surface area contributed by atoms with Crippen LogP contribution >= 0.6 is 0 Å². The zero-order valence-electron chi connectivity index (χ0n) is 17.1. The Bertz CT molecular complexity index is 961. The van der Waals surface area contributed by atoms with Gasteiger partial charge in [0.15, 0.2) is 0 Å². The molecule has 0 radical (unpaired) electrons. The normalized spacial score (nSPS) is 12.1. The van der Waals surface area contributed by atoms with E-state index in [4.69, 9.17) is 0 Å². The first-order chi connectivity index (χ1) is 14.4. The summed E-state index contributed by atoms with van der Waals surface area (Å²) in [5.41, 5.74) is 2.06. The van der Waals surface area contributed by atoms with E-state index in [0.29, 0.717) is 6.54 Å². The highest BCUT2D eigenvalue weighted by molar-refractivity contribution is 7.89. The van der Waals surface area contributed by atoms with E-state index in [9.17, 15) is 26.4 Å². The number of alkyl halides is 3. The second kappa shape index (κ2) is 10.6. The van der Waals surface area contributed by atoms with E-state index >= 15 is 0 Å². The molecule has 0 saturated carbocycles. The fourth-order valence-electron chi connectivity index (χ4n) is 2.62. The number of hydrogen-bond donors (Lipinski definition) is 2. The van der Waals surface area contributed by atoms with Crippen LogP contribution in [0, 0.1) is 0 Å². The van der Waals surface area contributed by atoms with Gasteiger partial charge in [0, 0.05) is 26.1 Å². The Morgan fingerprint density at radius 1 is 1.00 bits per heavy atom. The fraction of sp³-hybridized carbons (Fsp3) is 0.350. The molecular formula is C20H24F3N3O4S. The van der Waals surface area contributed by atoms with Crippen LogP contribution in [0.25, 0.3) is 0 Å². The van der Waals surface area contributed by atoms with Crippen molar-refractivity contribution in [2.75, 3.05) is 20.6 Å². The van der Waals surface area contributed by atoms with Gasteiger partial charge in [-0.1, -0.05) is 24.3 Å². The summed E-state index contributed by atoms with van der Waals surface area (Å²) in [6.07, 6.45) is -4.95. The van der Waals surface area contributed by atoms with Gasteiger partial charge >= 0.3 is 6.36 Å². The highest BCUT2D eigenvalue weighted by atomic mass is 32.2. The summed E-state index contributed by atoms with van der Waals surface area (Å²) >= 11 is 0. The molecule has 2 N–H and O–H groups in total. The number of ether oxygens (including phenoxy) is 1. The van der Waals surface area contributed by atoms with Crippen LogP contribution in [-0.4, -0.2) is 46.2 Å². The van der Waals surface area contributed by atoms with Gasteiger partial charge in [-0.25, -0.2) is 13.1 Å². The number of sulfonamides is 1. The predicted molar refractivity (Wildman–Crippen MR) is 109 cm³/mol. The van der Waals surface area contributed by atoms with E-state index in [-0.39, 0.29) is 23.8 Å². The van der Waals surface area contributed by atoms with Crippen LogP contribution in [0.3, 0.4) is 0 Å². The average molecular weight is 459 g/mol. The third-order valence-electron chi connectivity index (χ3n) is 4.02. The Hall–Kier alpha value is -2.63. The van der Waals surface area contributed by atoms with E-state index in [2.05, 4.69) is 14.8 Å². The monoisotopic (exact) mass is 459 g/mol. The van der Waals surface area contributed by atoms with Gasteiger partial charge in [0.2, 0.25) is 15.9 Å². The SMILES string of the molecule is CN(C)Cc1ccc(CNC(=O)CCNS(=O)(=O)c2ccc(OC(F)(F)F)cc2)cc1. The Balaban J connectivity index is 1.78. The molecule has 0 spiro atoms. The van der Waals surface area contributed by atoms with Crippen LogP contribution in [0.1, 0.15) is 17.5 Å². The first-order valence-corrected chi connectivity index (χ1v) is 10.8. The number of rotatable bonds is 10. The molecule has 2 aromatic carbocycles. The van der Waals surface area contributed by atoms with Gasteiger partial charge in [0.05, 0.1) is 4.90 Å². The summed E-state index contributed by atoms with van der Waals surface area (Å²) in [5, 5.41) is 2.71. The molecule has 0 aliphatic rings. The van der Waals surface area contributed by atoms with Gasteiger partial charge in [-0.2, -0.15) is 0 Å². The number of halogens is 3. The molecule has 0 aliphatic heterocycles. The highest BCUT2D eigenvalue weighted by Crippen LogP contribution is 2.23. The van der Waals surface area contributed by atoms with E-state index in [1.807, 2.05) is 43.3 Å². The van der Waals surface area contributed by atoms with Gasteiger partial charge in [0.25, 0.3) is 0 Å². The molecule has 0 saturated heterocycles. The molecule has 31 heavy (non-hydrogen) atoms. The second-order valence-corrected chi connectivity index (χ2v) is 8.76. The average Bonchev–Trinajstić information content (AvgIpc) is 2.66. The summed E-state index contributed by atoms with van der Waals surface area (Å²) in [4.78, 5) is 13.8. The van der Waals surface area contributed by atoms with Gasteiger partial charge in [-0.3, -0.25) is 4.79 Å². The lowest BCUT2D eigenvalue weighted by Gasteiger charge is -2.11. The smallest absolute Gasteiger partial charge is 0.406 e. The maximum atomic E-state index is 12.2. The van der Waals surface area contributed by atoms with Crippen molar-refractivity contribution in [2.45, 2.75) is 30.8 Å². The van der Waals surface area contributed by atoms with E-state index < -0.39 is 22.1 Å². The van der Waals surface area contributed by atoms with E-state index in [0.717, 1.165) is 41.9 Å². The number of carbonyl (C=O) groups is 1. The standard InChI is InChI=1S/C20H24F3N3O4S/c1-26(2)14-16-5-3-15(4-6-16)13-24-19(27)11-12-25-31(28,29)18-9-7-17(8-10-18)30-20(21,22)23/h3-10,25H,11-14H2,1-2H3,(H,24,27). The molecule has 0 bridgehead atoms. The zero-order valence-corrected chi connectivity index (χ0v) is 17.9. The number of hydrogen-bond acceptors (Lipinski definition) is 5. The maximum absolute atomic E-state index is 12.2. The van der Waals surface area contributed by atoms with Gasteiger partial charge in [-0.05, 0) is 49.5 Å². The van der Waals surface area contributed by atoms with Crippen LogP contribution in [0.4, 0.5) is 13.2 Å². The summed E-state index contributed by atoms with van der Waals surface area (Å²) in [6, 6.07) is 11.5. The molecule has 2 rings (SSSR count). The molecule has 1 amide bonds. The quantitative estimate of drug-likeness (QED) is 0.571. The van der Waals surface area contributed by atoms with Crippen molar-refractivity contribution in [2.24, 2.45) is 0 Å². The minimum absolute atomic E-state index is 0.0901. The number of benzene rings is 2. The molecule has 11 heteroatoms. The molecule has 2 aromatic rings. The van der Waals surface area contributed by atoms with Gasteiger partial charge in [0.1, 0.15) is 5.75 Å². The number of amides is 1. The molecule has 0 unspecified atom stereocenters. The third kappa shape index (κ3) is 8.95. The van der Waals surface area contributed by atoms with Crippen molar-refractivity contribution < 1.29 is 31.1 Å². The van der Waals surface area contributed by atoms with Crippen LogP contribution in [0.5, 0.6) is 5.75 Å². The molecule has 0 atom stereocenters. The van der Waals surface area contributed by atoms with Gasteiger partial charge < -0.3 is 15.0 Å². The third-order valence-corrected chi connectivity index (χ3v) is 5.50. The summed E-state index contributed by atoms with van der Waals surface area (Å²) in [5.74, 6) is -0.866. The van der Waals surface area contributed by atoms with Crippen molar-refractivity contribution in [1.29, 1.82) is 0 Å². The molecule has 0 heterocycles. The fourth-order valence-corrected chi connectivity index (χ4v) is 3.65. The number of carbonyl (C=O) groups excluding carboxylic acids is 1.